The van der Waals surface area contributed by atoms with E-state index < -0.39 is 0 Å². The van der Waals surface area contributed by atoms with Crippen LogP contribution in [0.15, 0.2) is 12.2 Å². The van der Waals surface area contributed by atoms with E-state index in [0.29, 0.717) is 19.1 Å². The molecule has 0 bridgehead atoms. The summed E-state index contributed by atoms with van der Waals surface area (Å²) in [6.07, 6.45) is 8.20. The fourth-order valence-corrected chi connectivity index (χ4v) is 2.30. The molecule has 4 heteroatoms. The van der Waals surface area contributed by atoms with E-state index in [-0.39, 0.29) is 5.91 Å². The van der Waals surface area contributed by atoms with Gasteiger partial charge in [0.1, 0.15) is 0 Å². The Kier molecular flexibility index (Phi) is 5.01. The van der Waals surface area contributed by atoms with Crippen LogP contribution in [0.3, 0.4) is 0 Å². The number of amides is 1. The summed E-state index contributed by atoms with van der Waals surface area (Å²) in [4.78, 5) is 13.7. The smallest absolute Gasteiger partial charge is 0.225 e. The molecule has 0 saturated carbocycles. The van der Waals surface area contributed by atoms with Gasteiger partial charge in [0, 0.05) is 13.1 Å². The van der Waals surface area contributed by atoms with Gasteiger partial charge in [-0.25, -0.2) is 0 Å². The van der Waals surface area contributed by atoms with Crippen molar-refractivity contribution in [1.82, 2.24) is 10.2 Å². The second-order valence-corrected chi connectivity index (χ2v) is 4.67. The number of piperidine rings is 1. The third-order valence-corrected chi connectivity index (χ3v) is 3.37. The SMILES string of the molecule is O=C(CCOC1CCNCC1)N1CC=CCC1. The zero-order valence-electron chi connectivity index (χ0n) is 10.4. The zero-order chi connectivity index (χ0) is 11.9. The molecule has 17 heavy (non-hydrogen) atoms. The number of nitrogens with one attached hydrogen (secondary N) is 1. The molecule has 2 heterocycles. The highest BCUT2D eigenvalue weighted by Crippen LogP contribution is 2.09. The van der Waals surface area contributed by atoms with E-state index in [1.165, 1.54) is 0 Å². The summed E-state index contributed by atoms with van der Waals surface area (Å²) in [5, 5.41) is 3.30. The number of rotatable bonds is 4. The third-order valence-electron chi connectivity index (χ3n) is 3.37. The Bertz CT molecular complexity index is 273. The number of nitrogens with zero attached hydrogens (tertiary/aromatic N) is 1. The Hall–Kier alpha value is -0.870. The first-order valence-electron chi connectivity index (χ1n) is 6.61. The van der Waals surface area contributed by atoms with Gasteiger partial charge in [0.15, 0.2) is 0 Å². The van der Waals surface area contributed by atoms with Gasteiger partial charge >= 0.3 is 0 Å². The standard InChI is InChI=1S/C13H22N2O2/c16-13(15-9-2-1-3-10-15)6-11-17-12-4-7-14-8-5-12/h1-2,12,14H,3-11H2. The van der Waals surface area contributed by atoms with E-state index in [1.54, 1.807) is 0 Å². The molecule has 1 N–H and O–H groups in total. The van der Waals surface area contributed by atoms with Crippen LogP contribution in [-0.2, 0) is 9.53 Å². The lowest BCUT2D eigenvalue weighted by molar-refractivity contribution is -0.132. The molecule has 0 aliphatic carbocycles. The summed E-state index contributed by atoms with van der Waals surface area (Å²) in [5.74, 6) is 0.225. The highest BCUT2D eigenvalue weighted by molar-refractivity contribution is 5.76. The molecule has 4 nitrogen and oxygen atoms in total. The van der Waals surface area contributed by atoms with Crippen LogP contribution >= 0.6 is 0 Å². The minimum absolute atomic E-state index is 0.225. The molecule has 0 aromatic heterocycles. The van der Waals surface area contributed by atoms with Crippen molar-refractivity contribution in [2.75, 3.05) is 32.8 Å². The van der Waals surface area contributed by atoms with Crippen LogP contribution in [0.4, 0.5) is 0 Å². The number of ether oxygens (including phenoxy) is 1. The van der Waals surface area contributed by atoms with Crippen molar-refractivity contribution in [2.24, 2.45) is 0 Å². The van der Waals surface area contributed by atoms with Crippen molar-refractivity contribution in [1.29, 1.82) is 0 Å². The molecule has 0 atom stereocenters. The minimum atomic E-state index is 0.225. The monoisotopic (exact) mass is 238 g/mol. The van der Waals surface area contributed by atoms with Crippen molar-refractivity contribution in [3.63, 3.8) is 0 Å². The lowest BCUT2D eigenvalue weighted by atomic mass is 10.1. The maximum atomic E-state index is 11.8. The molecule has 2 rings (SSSR count). The maximum Gasteiger partial charge on any atom is 0.225 e. The van der Waals surface area contributed by atoms with Gasteiger partial charge < -0.3 is 15.0 Å². The number of carbonyl (C=O) groups excluding carboxylic acids is 1. The van der Waals surface area contributed by atoms with Crippen LogP contribution in [0.5, 0.6) is 0 Å². The summed E-state index contributed by atoms with van der Waals surface area (Å²) in [6.45, 7) is 4.28. The van der Waals surface area contributed by atoms with Gasteiger partial charge in [0.25, 0.3) is 0 Å². The van der Waals surface area contributed by atoms with Gasteiger partial charge in [-0.2, -0.15) is 0 Å². The first-order valence-corrected chi connectivity index (χ1v) is 6.61. The van der Waals surface area contributed by atoms with E-state index in [9.17, 15) is 4.79 Å². The summed E-state index contributed by atoms with van der Waals surface area (Å²) >= 11 is 0. The van der Waals surface area contributed by atoms with Crippen LogP contribution in [-0.4, -0.2) is 49.7 Å². The molecule has 96 valence electrons. The van der Waals surface area contributed by atoms with Gasteiger partial charge in [-0.05, 0) is 32.4 Å². The van der Waals surface area contributed by atoms with Crippen molar-refractivity contribution in [3.8, 4) is 0 Å². The lowest BCUT2D eigenvalue weighted by Gasteiger charge is -2.25. The lowest BCUT2D eigenvalue weighted by Crippen LogP contribution is -2.36. The van der Waals surface area contributed by atoms with E-state index in [4.69, 9.17) is 4.74 Å². The van der Waals surface area contributed by atoms with Crippen LogP contribution in [0, 0.1) is 0 Å². The van der Waals surface area contributed by atoms with E-state index in [0.717, 1.165) is 45.4 Å². The predicted octanol–water partition coefficient (Wildman–Crippen LogP) is 0.934. The molecular formula is C13H22N2O2. The Morgan fingerprint density at radius 1 is 1.35 bits per heavy atom. The van der Waals surface area contributed by atoms with Crippen molar-refractivity contribution < 1.29 is 9.53 Å². The Morgan fingerprint density at radius 2 is 2.18 bits per heavy atom. The molecule has 0 spiro atoms. The summed E-state index contributed by atoms with van der Waals surface area (Å²) in [6, 6.07) is 0. The molecule has 0 aromatic rings. The van der Waals surface area contributed by atoms with Gasteiger partial charge in [-0.1, -0.05) is 12.2 Å². The largest absolute Gasteiger partial charge is 0.378 e. The Morgan fingerprint density at radius 3 is 2.88 bits per heavy atom. The average Bonchev–Trinajstić information content (AvgIpc) is 2.41. The van der Waals surface area contributed by atoms with E-state index >= 15 is 0 Å². The van der Waals surface area contributed by atoms with Gasteiger partial charge in [0.2, 0.25) is 5.91 Å². The quantitative estimate of drug-likeness (QED) is 0.741. The minimum Gasteiger partial charge on any atom is -0.378 e. The molecule has 1 saturated heterocycles. The van der Waals surface area contributed by atoms with Crippen LogP contribution in [0.2, 0.25) is 0 Å². The first-order chi connectivity index (χ1) is 8.36. The summed E-state index contributed by atoms with van der Waals surface area (Å²) in [7, 11) is 0. The predicted molar refractivity (Wildman–Crippen MR) is 66.8 cm³/mol. The average molecular weight is 238 g/mol. The molecule has 1 fully saturated rings. The number of carbonyl (C=O) groups is 1. The van der Waals surface area contributed by atoms with Crippen LogP contribution in [0.1, 0.15) is 25.7 Å². The number of hydrogen-bond acceptors (Lipinski definition) is 3. The fraction of sp³-hybridized carbons (Fsp3) is 0.769. The Labute approximate surface area is 103 Å². The maximum absolute atomic E-state index is 11.8. The van der Waals surface area contributed by atoms with Crippen molar-refractivity contribution >= 4 is 5.91 Å². The second kappa shape index (κ2) is 6.77. The third kappa shape index (κ3) is 4.13. The Balaban J connectivity index is 1.60. The molecule has 2 aliphatic rings. The van der Waals surface area contributed by atoms with Gasteiger partial charge in [-0.15, -0.1) is 0 Å². The van der Waals surface area contributed by atoms with Crippen LogP contribution < -0.4 is 5.32 Å². The fourth-order valence-electron chi connectivity index (χ4n) is 2.30. The van der Waals surface area contributed by atoms with Gasteiger partial charge in [-0.3, -0.25) is 4.79 Å². The topological polar surface area (TPSA) is 41.6 Å². The number of hydrogen-bond donors (Lipinski definition) is 1. The molecule has 0 radical (unpaired) electrons. The normalized spacial score (nSPS) is 21.8. The summed E-state index contributed by atoms with van der Waals surface area (Å²) in [5.41, 5.74) is 0. The van der Waals surface area contributed by atoms with Crippen molar-refractivity contribution in [2.45, 2.75) is 31.8 Å². The molecule has 1 amide bonds. The molecular weight excluding hydrogens is 216 g/mol. The molecule has 0 aromatic carbocycles. The van der Waals surface area contributed by atoms with E-state index in [1.807, 2.05) is 4.90 Å². The molecule has 2 aliphatic heterocycles. The zero-order valence-corrected chi connectivity index (χ0v) is 10.4. The highest BCUT2D eigenvalue weighted by Gasteiger charge is 2.16. The first kappa shape index (κ1) is 12.6. The second-order valence-electron chi connectivity index (χ2n) is 4.67. The van der Waals surface area contributed by atoms with Crippen LogP contribution in [0.25, 0.3) is 0 Å². The summed E-state index contributed by atoms with van der Waals surface area (Å²) < 4.78 is 5.74. The molecule has 0 unspecified atom stereocenters. The van der Waals surface area contributed by atoms with E-state index in [2.05, 4.69) is 17.5 Å². The highest BCUT2D eigenvalue weighted by atomic mass is 16.5. The van der Waals surface area contributed by atoms with Gasteiger partial charge in [0.05, 0.1) is 19.1 Å². The van der Waals surface area contributed by atoms with Crippen molar-refractivity contribution in [3.05, 3.63) is 12.2 Å².